The van der Waals surface area contributed by atoms with Crippen molar-refractivity contribution in [3.8, 4) is 0 Å². The Morgan fingerprint density at radius 3 is 2.50 bits per heavy atom. The first kappa shape index (κ1) is 15.0. The van der Waals surface area contributed by atoms with Gasteiger partial charge in [0.25, 0.3) is 0 Å². The van der Waals surface area contributed by atoms with Crippen LogP contribution in [0.15, 0.2) is 45.3 Å². The Morgan fingerprint density at radius 1 is 1.06 bits per heavy atom. The van der Waals surface area contributed by atoms with Crippen LogP contribution in [0.25, 0.3) is 0 Å². The lowest BCUT2D eigenvalue weighted by molar-refractivity contribution is 1.13. The summed E-state index contributed by atoms with van der Waals surface area (Å²) >= 11 is 13.4. The second kappa shape index (κ2) is 6.37. The van der Waals surface area contributed by atoms with Gasteiger partial charge in [0, 0.05) is 12.5 Å². The predicted molar refractivity (Wildman–Crippen MR) is 96.5 cm³/mol. The van der Waals surface area contributed by atoms with Crippen LogP contribution < -0.4 is 0 Å². The predicted octanol–water partition coefficient (Wildman–Crippen LogP) is 6.61. The molecule has 0 aliphatic heterocycles. The first-order valence-electron chi connectivity index (χ1n) is 5.34. The summed E-state index contributed by atoms with van der Waals surface area (Å²) in [5, 5.41) is 0. The number of hydrogen-bond acceptors (Lipinski definition) is 0. The second-order valence-electron chi connectivity index (χ2n) is 4.01. The van der Waals surface area contributed by atoms with Crippen LogP contribution in [0.4, 0.5) is 0 Å². The molecule has 1 atom stereocenters. The van der Waals surface area contributed by atoms with Gasteiger partial charge >= 0.3 is 0 Å². The largest absolute Gasteiger partial charge is 0.0786 e. The third-order valence-corrected chi connectivity index (χ3v) is 6.40. The highest BCUT2D eigenvalue weighted by Gasteiger charge is 2.17. The van der Waals surface area contributed by atoms with Crippen molar-refractivity contribution in [3.05, 3.63) is 65.6 Å². The fourth-order valence-corrected chi connectivity index (χ4v) is 4.76. The first-order valence-corrected chi connectivity index (χ1v) is 8.92. The second-order valence-corrected chi connectivity index (χ2v) is 7.77. The Labute approximate surface area is 146 Å². The van der Waals surface area contributed by atoms with E-state index in [1.54, 1.807) is 0 Å². The summed E-state index contributed by atoms with van der Waals surface area (Å²) < 4.78 is 3.52. The minimum absolute atomic E-state index is 0.191. The molecule has 0 amide bonds. The maximum atomic E-state index is 3.81. The van der Waals surface area contributed by atoms with Crippen LogP contribution in [0.1, 0.15) is 21.5 Å². The zero-order chi connectivity index (χ0) is 13.3. The number of rotatable bonds is 2. The van der Waals surface area contributed by atoms with Gasteiger partial charge in [-0.25, -0.2) is 0 Å². The molecule has 0 N–H and O–H groups in total. The van der Waals surface area contributed by atoms with Gasteiger partial charge in [-0.05, 0) is 64.4 Å². The van der Waals surface area contributed by atoms with Gasteiger partial charge in [0.2, 0.25) is 0 Å². The average molecular weight is 545 g/mol. The lowest BCUT2D eigenvalue weighted by atomic mass is 10.0. The van der Waals surface area contributed by atoms with Crippen molar-refractivity contribution in [1.82, 2.24) is 0 Å². The first-order chi connectivity index (χ1) is 8.50. The lowest BCUT2D eigenvalue weighted by Crippen LogP contribution is -1.98. The number of hydrogen-bond donors (Lipinski definition) is 0. The van der Waals surface area contributed by atoms with Gasteiger partial charge in [-0.15, -0.1) is 0 Å². The van der Waals surface area contributed by atoms with Gasteiger partial charge in [0.05, 0.1) is 4.83 Å². The van der Waals surface area contributed by atoms with Crippen LogP contribution in [0.2, 0.25) is 0 Å². The van der Waals surface area contributed by atoms with Gasteiger partial charge in [-0.2, -0.15) is 0 Å². The number of benzene rings is 2. The number of halogens is 4. The summed E-state index contributed by atoms with van der Waals surface area (Å²) in [6, 6.07) is 12.7. The van der Waals surface area contributed by atoms with Crippen molar-refractivity contribution in [2.75, 3.05) is 0 Å². The summed E-state index contributed by atoms with van der Waals surface area (Å²) in [6.45, 7) is 2.14. The molecule has 2 aromatic carbocycles. The highest BCUT2D eigenvalue weighted by Crippen LogP contribution is 2.39. The van der Waals surface area contributed by atoms with E-state index in [2.05, 4.69) is 108 Å². The van der Waals surface area contributed by atoms with E-state index in [0.717, 1.165) is 8.95 Å². The molecule has 0 aliphatic carbocycles. The topological polar surface area (TPSA) is 0 Å². The Hall–Kier alpha value is 0.610. The summed E-state index contributed by atoms with van der Waals surface area (Å²) in [6.07, 6.45) is 0. The maximum Gasteiger partial charge on any atom is 0.0666 e. The van der Waals surface area contributed by atoms with Gasteiger partial charge in [0.1, 0.15) is 0 Å². The van der Waals surface area contributed by atoms with Crippen LogP contribution in [-0.4, -0.2) is 0 Å². The minimum atomic E-state index is 0.191. The molecule has 0 saturated heterocycles. The smallest absolute Gasteiger partial charge is 0.0666 e. The minimum Gasteiger partial charge on any atom is -0.0786 e. The fraction of sp³-hybridized carbons (Fsp3) is 0.143. The molecule has 2 aromatic rings. The molecule has 0 spiro atoms. The van der Waals surface area contributed by atoms with Gasteiger partial charge in [0.15, 0.2) is 0 Å². The summed E-state index contributed by atoms with van der Waals surface area (Å²) in [5.74, 6) is 0. The Bertz CT molecular complexity index is 579. The molecule has 2 rings (SSSR count). The molecular weight excluding hydrogens is 535 g/mol. The van der Waals surface area contributed by atoms with E-state index < -0.39 is 0 Å². The highest BCUT2D eigenvalue weighted by molar-refractivity contribution is 14.1. The highest BCUT2D eigenvalue weighted by atomic mass is 127. The molecule has 0 heterocycles. The lowest BCUT2D eigenvalue weighted by Gasteiger charge is -2.16. The van der Waals surface area contributed by atoms with Crippen molar-refractivity contribution >= 4 is 70.4 Å². The van der Waals surface area contributed by atoms with Gasteiger partial charge in [-0.1, -0.05) is 66.0 Å². The van der Waals surface area contributed by atoms with Crippen LogP contribution in [-0.2, 0) is 0 Å². The summed E-state index contributed by atoms with van der Waals surface area (Å²) in [7, 11) is 0. The average Bonchev–Trinajstić information content (AvgIpc) is 2.35. The van der Waals surface area contributed by atoms with Crippen molar-refractivity contribution in [3.63, 3.8) is 0 Å². The Balaban J connectivity index is 2.51. The SMILES string of the molecule is Cc1cccc(C(Br)c2cc(Br)ccc2Br)c1I. The molecule has 0 aliphatic rings. The van der Waals surface area contributed by atoms with Gasteiger partial charge < -0.3 is 0 Å². The zero-order valence-electron chi connectivity index (χ0n) is 9.55. The fourth-order valence-electron chi connectivity index (χ4n) is 1.74. The zero-order valence-corrected chi connectivity index (χ0v) is 16.5. The van der Waals surface area contributed by atoms with Crippen LogP contribution >= 0.6 is 70.4 Å². The molecule has 0 aromatic heterocycles. The molecule has 0 fully saturated rings. The van der Waals surface area contributed by atoms with Crippen molar-refractivity contribution in [1.29, 1.82) is 0 Å². The molecule has 0 saturated carbocycles. The molecule has 18 heavy (non-hydrogen) atoms. The van der Waals surface area contributed by atoms with E-state index in [9.17, 15) is 0 Å². The monoisotopic (exact) mass is 542 g/mol. The molecule has 94 valence electrons. The van der Waals surface area contributed by atoms with Crippen LogP contribution in [0, 0.1) is 10.5 Å². The van der Waals surface area contributed by atoms with E-state index in [1.165, 1.54) is 20.3 Å². The quantitative estimate of drug-likeness (QED) is 0.295. The van der Waals surface area contributed by atoms with Crippen LogP contribution in [0.3, 0.4) is 0 Å². The molecule has 0 bridgehead atoms. The van der Waals surface area contributed by atoms with E-state index >= 15 is 0 Å². The van der Waals surface area contributed by atoms with E-state index in [4.69, 9.17) is 0 Å². The third-order valence-electron chi connectivity index (χ3n) is 2.73. The third kappa shape index (κ3) is 3.19. The normalized spacial score (nSPS) is 12.5. The molecule has 4 heteroatoms. The number of alkyl halides is 1. The molecular formula is C14H10Br3I. The number of aryl methyl sites for hydroxylation is 1. The standard InChI is InChI=1S/C14H10Br3I/c1-8-3-2-4-10(14(8)18)13(17)11-7-9(15)5-6-12(11)16/h2-7,13H,1H3. The van der Waals surface area contributed by atoms with Gasteiger partial charge in [-0.3, -0.25) is 0 Å². The van der Waals surface area contributed by atoms with E-state index in [0.29, 0.717) is 0 Å². The molecule has 0 radical (unpaired) electrons. The Kier molecular flexibility index (Phi) is 5.31. The van der Waals surface area contributed by atoms with E-state index in [1.807, 2.05) is 6.07 Å². The van der Waals surface area contributed by atoms with Crippen molar-refractivity contribution in [2.24, 2.45) is 0 Å². The molecule has 0 nitrogen and oxygen atoms in total. The van der Waals surface area contributed by atoms with Crippen molar-refractivity contribution in [2.45, 2.75) is 11.8 Å². The Morgan fingerprint density at radius 2 is 1.78 bits per heavy atom. The van der Waals surface area contributed by atoms with E-state index in [-0.39, 0.29) is 4.83 Å². The van der Waals surface area contributed by atoms with Crippen molar-refractivity contribution < 1.29 is 0 Å². The molecule has 1 unspecified atom stereocenters. The van der Waals surface area contributed by atoms with Crippen LogP contribution in [0.5, 0.6) is 0 Å². The maximum absolute atomic E-state index is 3.81. The summed E-state index contributed by atoms with van der Waals surface area (Å²) in [5.41, 5.74) is 3.84. The summed E-state index contributed by atoms with van der Waals surface area (Å²) in [4.78, 5) is 0.191.